The van der Waals surface area contributed by atoms with Gasteiger partial charge in [0.25, 0.3) is 0 Å². The Labute approximate surface area is 92.5 Å². The van der Waals surface area contributed by atoms with Crippen molar-refractivity contribution in [3.8, 4) is 0 Å². The van der Waals surface area contributed by atoms with E-state index in [-0.39, 0.29) is 0 Å². The number of aliphatic hydroxyl groups excluding tert-OH is 1. The summed E-state index contributed by atoms with van der Waals surface area (Å²) in [6.45, 7) is 1.40. The molecule has 1 N–H and O–H groups in total. The second-order valence-electron chi connectivity index (χ2n) is 4.53. The summed E-state index contributed by atoms with van der Waals surface area (Å²) in [5.74, 6) is 0.430. The lowest BCUT2D eigenvalue weighted by molar-refractivity contribution is -0.121. The van der Waals surface area contributed by atoms with Crippen LogP contribution < -0.4 is 0 Å². The Bertz CT molecular complexity index is 184. The van der Waals surface area contributed by atoms with Crippen LogP contribution in [0.25, 0.3) is 0 Å². The Morgan fingerprint density at radius 3 is 2.53 bits per heavy atom. The van der Waals surface area contributed by atoms with Crippen LogP contribution in [0.4, 0.5) is 0 Å². The number of carbonyl (C=O) groups is 1. The molecule has 0 aromatic carbocycles. The van der Waals surface area contributed by atoms with E-state index in [9.17, 15) is 4.79 Å². The Kier molecular flexibility index (Phi) is 5.88. The molecule has 0 bridgehead atoms. The quantitative estimate of drug-likeness (QED) is 0.681. The zero-order valence-corrected chi connectivity index (χ0v) is 9.74. The first kappa shape index (κ1) is 12.7. The molecule has 0 heterocycles. The van der Waals surface area contributed by atoms with Crippen molar-refractivity contribution in [1.82, 2.24) is 4.90 Å². The fourth-order valence-electron chi connectivity index (χ4n) is 2.20. The van der Waals surface area contributed by atoms with E-state index in [1.54, 1.807) is 0 Å². The summed E-state index contributed by atoms with van der Waals surface area (Å²) in [6, 6.07) is 0.608. The highest BCUT2D eigenvalue weighted by atomic mass is 16.2. The zero-order chi connectivity index (χ0) is 11.1. The van der Waals surface area contributed by atoms with Gasteiger partial charge < -0.3 is 10.0 Å². The van der Waals surface area contributed by atoms with Gasteiger partial charge in [-0.3, -0.25) is 4.79 Å². The lowest BCUT2D eigenvalue weighted by Gasteiger charge is -2.30. The maximum Gasteiger partial charge on any atom is 0.133 e. The molecule has 3 nitrogen and oxygen atoms in total. The highest BCUT2D eigenvalue weighted by Crippen LogP contribution is 2.19. The molecule has 88 valence electrons. The summed E-state index contributed by atoms with van der Waals surface area (Å²) in [4.78, 5) is 13.5. The number of nitrogens with zero attached hydrogens (tertiary/aromatic N) is 1. The molecule has 0 aromatic rings. The second-order valence-corrected chi connectivity index (χ2v) is 4.53. The van der Waals surface area contributed by atoms with E-state index < -0.39 is 0 Å². The van der Waals surface area contributed by atoms with E-state index in [2.05, 4.69) is 11.9 Å². The fraction of sp³-hybridized carbons (Fsp3) is 0.917. The molecule has 0 unspecified atom stereocenters. The van der Waals surface area contributed by atoms with Crippen molar-refractivity contribution in [1.29, 1.82) is 0 Å². The first-order chi connectivity index (χ1) is 7.24. The number of aliphatic hydroxyl groups is 1. The molecule has 0 saturated heterocycles. The van der Waals surface area contributed by atoms with Gasteiger partial charge in [0.15, 0.2) is 0 Å². The first-order valence-corrected chi connectivity index (χ1v) is 6.07. The molecule has 1 aliphatic rings. The van der Waals surface area contributed by atoms with Crippen molar-refractivity contribution in [2.75, 3.05) is 20.2 Å². The van der Waals surface area contributed by atoms with Crippen molar-refractivity contribution < 1.29 is 9.90 Å². The van der Waals surface area contributed by atoms with Crippen molar-refractivity contribution in [3.05, 3.63) is 0 Å². The molecule has 15 heavy (non-hydrogen) atoms. The summed E-state index contributed by atoms with van der Waals surface area (Å²) >= 11 is 0. The molecule has 1 aliphatic carbocycles. The molecule has 0 aromatic heterocycles. The van der Waals surface area contributed by atoms with Crippen LogP contribution in [0.5, 0.6) is 0 Å². The van der Waals surface area contributed by atoms with Gasteiger partial charge in [-0.15, -0.1) is 0 Å². The first-order valence-electron chi connectivity index (χ1n) is 6.07. The van der Waals surface area contributed by atoms with Crippen LogP contribution in [0.2, 0.25) is 0 Å². The molecule has 1 saturated carbocycles. The van der Waals surface area contributed by atoms with Crippen LogP contribution in [-0.4, -0.2) is 42.0 Å². The summed E-state index contributed by atoms with van der Waals surface area (Å²) in [5, 5.41) is 8.66. The lowest BCUT2D eigenvalue weighted by atomic mass is 9.93. The van der Waals surface area contributed by atoms with E-state index in [0.29, 0.717) is 18.4 Å². The average Bonchev–Trinajstić information content (AvgIpc) is 2.25. The van der Waals surface area contributed by atoms with E-state index in [0.717, 1.165) is 51.5 Å². The Morgan fingerprint density at radius 1 is 1.27 bits per heavy atom. The Hall–Kier alpha value is -0.410. The molecular weight excluding hydrogens is 190 g/mol. The third-order valence-corrected chi connectivity index (χ3v) is 3.31. The smallest absolute Gasteiger partial charge is 0.133 e. The van der Waals surface area contributed by atoms with E-state index in [1.807, 2.05) is 0 Å². The van der Waals surface area contributed by atoms with Crippen LogP contribution in [-0.2, 0) is 4.79 Å². The number of Topliss-reactive ketones (excluding diaryl/α,β-unsaturated/α-hetero) is 1. The van der Waals surface area contributed by atoms with Crippen LogP contribution in [0, 0.1) is 0 Å². The van der Waals surface area contributed by atoms with Gasteiger partial charge in [-0.25, -0.2) is 0 Å². The molecule has 0 spiro atoms. The number of unbranched alkanes of at least 4 members (excludes halogenated alkanes) is 2. The molecule has 0 atom stereocenters. The minimum atomic E-state index is 0.307. The topological polar surface area (TPSA) is 40.5 Å². The van der Waals surface area contributed by atoms with Gasteiger partial charge in [0.1, 0.15) is 5.78 Å². The van der Waals surface area contributed by atoms with Gasteiger partial charge in [-0.1, -0.05) is 0 Å². The summed E-state index contributed by atoms with van der Waals surface area (Å²) in [7, 11) is 2.15. The van der Waals surface area contributed by atoms with Crippen LogP contribution >= 0.6 is 0 Å². The van der Waals surface area contributed by atoms with Gasteiger partial charge in [0, 0.05) is 25.5 Å². The Morgan fingerprint density at radius 2 is 1.93 bits per heavy atom. The van der Waals surface area contributed by atoms with E-state index in [4.69, 9.17) is 5.11 Å². The summed E-state index contributed by atoms with van der Waals surface area (Å²) < 4.78 is 0. The van der Waals surface area contributed by atoms with Crippen molar-refractivity contribution in [2.24, 2.45) is 0 Å². The second kappa shape index (κ2) is 6.96. The highest BCUT2D eigenvalue weighted by molar-refractivity contribution is 5.79. The molecular formula is C12H23NO2. The van der Waals surface area contributed by atoms with Gasteiger partial charge >= 0.3 is 0 Å². The zero-order valence-electron chi connectivity index (χ0n) is 9.74. The number of carbonyl (C=O) groups excluding carboxylic acids is 1. The van der Waals surface area contributed by atoms with Crippen molar-refractivity contribution in [2.45, 2.75) is 51.0 Å². The van der Waals surface area contributed by atoms with Gasteiger partial charge in [0.2, 0.25) is 0 Å². The summed E-state index contributed by atoms with van der Waals surface area (Å²) in [5.41, 5.74) is 0. The van der Waals surface area contributed by atoms with Gasteiger partial charge in [-0.05, 0) is 45.7 Å². The fourth-order valence-corrected chi connectivity index (χ4v) is 2.20. The molecule has 3 heteroatoms. The highest BCUT2D eigenvalue weighted by Gasteiger charge is 2.21. The number of ketones is 1. The van der Waals surface area contributed by atoms with Crippen molar-refractivity contribution >= 4 is 5.78 Å². The normalized spacial score (nSPS) is 18.7. The number of hydrogen-bond acceptors (Lipinski definition) is 3. The monoisotopic (exact) mass is 213 g/mol. The maximum atomic E-state index is 11.1. The largest absolute Gasteiger partial charge is 0.396 e. The summed E-state index contributed by atoms with van der Waals surface area (Å²) in [6.07, 6.45) is 6.78. The molecule has 0 aliphatic heterocycles. The molecule has 1 rings (SSSR count). The maximum absolute atomic E-state index is 11.1. The molecule has 1 fully saturated rings. The van der Waals surface area contributed by atoms with Crippen LogP contribution in [0.1, 0.15) is 44.9 Å². The molecule has 0 radical (unpaired) electrons. The van der Waals surface area contributed by atoms with E-state index >= 15 is 0 Å². The van der Waals surface area contributed by atoms with E-state index in [1.165, 1.54) is 0 Å². The third-order valence-electron chi connectivity index (χ3n) is 3.31. The van der Waals surface area contributed by atoms with Gasteiger partial charge in [0.05, 0.1) is 0 Å². The average molecular weight is 213 g/mol. The third kappa shape index (κ3) is 4.76. The molecule has 0 amide bonds. The SMILES string of the molecule is CN(CCCCCO)C1CCC(=O)CC1. The predicted octanol–water partition coefficient (Wildman–Crippen LogP) is 1.59. The van der Waals surface area contributed by atoms with Gasteiger partial charge in [-0.2, -0.15) is 0 Å². The lowest BCUT2D eigenvalue weighted by Crippen LogP contribution is -2.35. The standard InChI is InChI=1S/C12H23NO2/c1-13(9-3-2-4-10-14)11-5-7-12(15)8-6-11/h11,14H,2-10H2,1H3. The minimum Gasteiger partial charge on any atom is -0.396 e. The predicted molar refractivity (Wildman–Crippen MR) is 60.8 cm³/mol. The van der Waals surface area contributed by atoms with Crippen molar-refractivity contribution in [3.63, 3.8) is 0 Å². The minimum absolute atomic E-state index is 0.307. The van der Waals surface area contributed by atoms with Crippen LogP contribution in [0.15, 0.2) is 0 Å². The van der Waals surface area contributed by atoms with Crippen LogP contribution in [0.3, 0.4) is 0 Å². The number of rotatable bonds is 6. The Balaban J connectivity index is 2.11. The number of hydrogen-bond donors (Lipinski definition) is 1.